The summed E-state index contributed by atoms with van der Waals surface area (Å²) in [6.45, 7) is 6.49. The van der Waals surface area contributed by atoms with Crippen LogP contribution in [0.15, 0.2) is 53.7 Å². The first-order valence-electron chi connectivity index (χ1n) is 9.68. The first-order chi connectivity index (χ1) is 13.3. The number of likely N-dealkylation sites (tertiary alicyclic amines) is 1. The van der Waals surface area contributed by atoms with E-state index in [1.807, 2.05) is 30.3 Å². The summed E-state index contributed by atoms with van der Waals surface area (Å²) < 4.78 is 0. The first-order valence-corrected chi connectivity index (χ1v) is 10.1. The molecule has 1 fully saturated rings. The number of halogens is 1. The number of rotatable bonds is 7. The molecular weight excluding hydrogens is 358 g/mol. The molecule has 0 spiro atoms. The van der Waals surface area contributed by atoms with Crippen molar-refractivity contribution in [1.29, 1.82) is 0 Å². The molecule has 6 heteroatoms. The van der Waals surface area contributed by atoms with Crippen molar-refractivity contribution >= 4 is 17.6 Å². The van der Waals surface area contributed by atoms with E-state index in [0.717, 1.165) is 42.9 Å². The Balaban J connectivity index is 1.69. The van der Waals surface area contributed by atoms with Gasteiger partial charge in [0.2, 0.25) is 0 Å². The summed E-state index contributed by atoms with van der Waals surface area (Å²) in [6, 6.07) is 14.4. The van der Waals surface area contributed by atoms with Gasteiger partial charge in [-0.1, -0.05) is 29.8 Å². The van der Waals surface area contributed by atoms with E-state index in [2.05, 4.69) is 44.6 Å². The van der Waals surface area contributed by atoms with E-state index in [-0.39, 0.29) is 6.04 Å². The van der Waals surface area contributed by atoms with Crippen LogP contribution in [-0.4, -0.2) is 42.0 Å². The van der Waals surface area contributed by atoms with Crippen molar-refractivity contribution < 1.29 is 0 Å². The highest BCUT2D eigenvalue weighted by Gasteiger charge is 2.23. The van der Waals surface area contributed by atoms with Gasteiger partial charge in [-0.25, -0.2) is 4.99 Å². The Morgan fingerprint density at radius 3 is 2.74 bits per heavy atom. The van der Waals surface area contributed by atoms with Gasteiger partial charge >= 0.3 is 0 Å². The van der Waals surface area contributed by atoms with E-state index in [4.69, 9.17) is 11.6 Å². The second-order valence-corrected chi connectivity index (χ2v) is 7.15. The molecule has 1 aliphatic heterocycles. The molecule has 0 bridgehead atoms. The molecule has 5 nitrogen and oxygen atoms in total. The number of benzene rings is 1. The third kappa shape index (κ3) is 5.94. The van der Waals surface area contributed by atoms with Gasteiger partial charge in [0.15, 0.2) is 5.96 Å². The fraction of sp³-hybridized carbons (Fsp3) is 0.429. The summed E-state index contributed by atoms with van der Waals surface area (Å²) in [5, 5.41) is 7.63. The van der Waals surface area contributed by atoms with Crippen molar-refractivity contribution in [2.45, 2.75) is 32.4 Å². The fourth-order valence-corrected chi connectivity index (χ4v) is 3.61. The lowest BCUT2D eigenvalue weighted by Crippen LogP contribution is -2.42. The van der Waals surface area contributed by atoms with Gasteiger partial charge in [-0.2, -0.15) is 0 Å². The van der Waals surface area contributed by atoms with Crippen LogP contribution in [0.5, 0.6) is 0 Å². The molecule has 1 atom stereocenters. The minimum absolute atomic E-state index is 0.282. The molecule has 144 valence electrons. The topological polar surface area (TPSA) is 52.6 Å². The van der Waals surface area contributed by atoms with Crippen LogP contribution in [0.3, 0.4) is 0 Å². The molecule has 1 aromatic carbocycles. The first kappa shape index (κ1) is 19.6. The van der Waals surface area contributed by atoms with Gasteiger partial charge in [-0.15, -0.1) is 0 Å². The zero-order valence-electron chi connectivity index (χ0n) is 15.9. The minimum atomic E-state index is 0.282. The maximum absolute atomic E-state index is 6.24. The lowest BCUT2D eigenvalue weighted by atomic mass is 10.1. The van der Waals surface area contributed by atoms with Gasteiger partial charge in [-0.3, -0.25) is 9.88 Å². The number of nitrogens with one attached hydrogen (secondary N) is 2. The van der Waals surface area contributed by atoms with Gasteiger partial charge in [0.25, 0.3) is 0 Å². The molecule has 2 N–H and O–H groups in total. The molecule has 1 saturated heterocycles. The highest BCUT2D eigenvalue weighted by atomic mass is 35.5. The van der Waals surface area contributed by atoms with Crippen LogP contribution in [0.1, 0.15) is 37.1 Å². The predicted molar refractivity (Wildman–Crippen MR) is 112 cm³/mol. The number of guanidine groups is 1. The number of pyridine rings is 1. The zero-order valence-corrected chi connectivity index (χ0v) is 16.6. The van der Waals surface area contributed by atoms with E-state index in [1.165, 1.54) is 18.4 Å². The van der Waals surface area contributed by atoms with Crippen molar-refractivity contribution in [2.75, 3.05) is 26.2 Å². The van der Waals surface area contributed by atoms with Crippen molar-refractivity contribution in [3.05, 3.63) is 64.9 Å². The standard InChI is InChI=1S/C21H28ClN5/c1-2-23-21(25-15-19-10-3-4-11-24-19)26-16-20(27-12-5-6-13-27)17-8-7-9-18(22)14-17/h3-4,7-11,14,20H,2,5-6,12-13,15-16H2,1H3,(H2,23,25,26). The van der Waals surface area contributed by atoms with Crippen LogP contribution in [0, 0.1) is 0 Å². The Hall–Kier alpha value is -2.11. The average molecular weight is 386 g/mol. The summed E-state index contributed by atoms with van der Waals surface area (Å²) in [6.07, 6.45) is 4.31. The third-order valence-electron chi connectivity index (χ3n) is 4.75. The maximum Gasteiger partial charge on any atom is 0.191 e. The van der Waals surface area contributed by atoms with Crippen molar-refractivity contribution in [3.8, 4) is 0 Å². The average Bonchev–Trinajstić information content (AvgIpc) is 3.21. The zero-order chi connectivity index (χ0) is 18.9. The molecule has 2 aromatic rings. The lowest BCUT2D eigenvalue weighted by Gasteiger charge is -2.29. The number of nitrogens with zero attached hydrogens (tertiary/aromatic N) is 3. The summed E-state index contributed by atoms with van der Waals surface area (Å²) in [5.41, 5.74) is 2.21. The van der Waals surface area contributed by atoms with Gasteiger partial charge < -0.3 is 10.6 Å². The van der Waals surface area contributed by atoms with Crippen LogP contribution < -0.4 is 10.6 Å². The SMILES string of the molecule is CCNC(=NCc1ccccn1)NCC(c1cccc(Cl)c1)N1CCCC1. The van der Waals surface area contributed by atoms with Gasteiger partial charge in [-0.05, 0) is 62.7 Å². The lowest BCUT2D eigenvalue weighted by molar-refractivity contribution is 0.245. The van der Waals surface area contributed by atoms with Crippen LogP contribution >= 0.6 is 11.6 Å². The van der Waals surface area contributed by atoms with Gasteiger partial charge in [0, 0.05) is 24.3 Å². The van der Waals surface area contributed by atoms with Crippen LogP contribution in [-0.2, 0) is 6.54 Å². The molecule has 1 aliphatic rings. The summed E-state index contributed by atoms with van der Waals surface area (Å²) in [5.74, 6) is 0.814. The third-order valence-corrected chi connectivity index (χ3v) is 4.98. The summed E-state index contributed by atoms with van der Waals surface area (Å²) in [7, 11) is 0. The quantitative estimate of drug-likeness (QED) is 0.564. The molecule has 27 heavy (non-hydrogen) atoms. The van der Waals surface area contributed by atoms with Gasteiger partial charge in [0.05, 0.1) is 18.3 Å². The Kier molecular flexibility index (Phi) is 7.48. The van der Waals surface area contributed by atoms with E-state index in [0.29, 0.717) is 6.54 Å². The molecular formula is C21H28ClN5. The number of hydrogen-bond donors (Lipinski definition) is 2. The molecule has 0 radical (unpaired) electrons. The second kappa shape index (κ2) is 10.3. The number of aromatic nitrogens is 1. The Morgan fingerprint density at radius 2 is 2.04 bits per heavy atom. The van der Waals surface area contributed by atoms with Crippen LogP contribution in [0.2, 0.25) is 5.02 Å². The van der Waals surface area contributed by atoms with E-state index in [1.54, 1.807) is 6.20 Å². The summed E-state index contributed by atoms with van der Waals surface area (Å²) in [4.78, 5) is 11.6. The molecule has 1 unspecified atom stereocenters. The molecule has 0 saturated carbocycles. The monoisotopic (exact) mass is 385 g/mol. The predicted octanol–water partition coefficient (Wildman–Crippen LogP) is 3.63. The fourth-order valence-electron chi connectivity index (χ4n) is 3.41. The number of hydrogen-bond acceptors (Lipinski definition) is 3. The van der Waals surface area contributed by atoms with E-state index >= 15 is 0 Å². The Labute approximate surface area is 166 Å². The van der Waals surface area contributed by atoms with Crippen LogP contribution in [0.4, 0.5) is 0 Å². The number of aliphatic imine (C=N–C) groups is 1. The largest absolute Gasteiger partial charge is 0.357 e. The molecule has 1 aromatic heterocycles. The highest BCUT2D eigenvalue weighted by Crippen LogP contribution is 2.26. The van der Waals surface area contributed by atoms with Crippen molar-refractivity contribution in [2.24, 2.45) is 4.99 Å². The molecule has 0 aliphatic carbocycles. The molecule has 2 heterocycles. The Morgan fingerprint density at radius 1 is 1.19 bits per heavy atom. The second-order valence-electron chi connectivity index (χ2n) is 6.71. The van der Waals surface area contributed by atoms with E-state index < -0.39 is 0 Å². The highest BCUT2D eigenvalue weighted by molar-refractivity contribution is 6.30. The van der Waals surface area contributed by atoms with Crippen molar-refractivity contribution in [1.82, 2.24) is 20.5 Å². The van der Waals surface area contributed by atoms with Gasteiger partial charge in [0.1, 0.15) is 0 Å². The maximum atomic E-state index is 6.24. The van der Waals surface area contributed by atoms with Crippen LogP contribution in [0.25, 0.3) is 0 Å². The minimum Gasteiger partial charge on any atom is -0.357 e. The smallest absolute Gasteiger partial charge is 0.191 e. The van der Waals surface area contributed by atoms with E-state index in [9.17, 15) is 0 Å². The normalized spacial score (nSPS) is 16.3. The molecule has 3 rings (SSSR count). The molecule has 0 amide bonds. The summed E-state index contributed by atoms with van der Waals surface area (Å²) >= 11 is 6.24. The van der Waals surface area contributed by atoms with Crippen molar-refractivity contribution in [3.63, 3.8) is 0 Å². The Bertz CT molecular complexity index is 728.